The molecule has 0 atom stereocenters. The molecule has 1 N–H and O–H groups in total. The van der Waals surface area contributed by atoms with Crippen molar-refractivity contribution in [3.63, 3.8) is 0 Å². The van der Waals surface area contributed by atoms with Gasteiger partial charge >= 0.3 is 35.7 Å². The van der Waals surface area contributed by atoms with Crippen molar-refractivity contribution in [1.82, 2.24) is 0 Å². The predicted octanol–water partition coefficient (Wildman–Crippen LogP) is 0.986. The minimum atomic E-state index is -4.45. The average Bonchev–Trinajstić information content (AvgIpc) is 2.25. The molecule has 0 saturated heterocycles. The third-order valence-electron chi connectivity index (χ3n) is 1.64. The summed E-state index contributed by atoms with van der Waals surface area (Å²) in [4.78, 5) is 10.6. The van der Waals surface area contributed by atoms with Crippen LogP contribution in [0.3, 0.4) is 0 Å². The average molecular weight is 282 g/mol. The van der Waals surface area contributed by atoms with E-state index >= 15 is 0 Å². The molecule has 0 radical (unpaired) electrons. The fourth-order valence-corrected chi connectivity index (χ4v) is 1.61. The van der Waals surface area contributed by atoms with Crippen LogP contribution in [-0.4, -0.2) is 55.3 Å². The second-order valence-electron chi connectivity index (χ2n) is 2.87. The standard InChI is InChI=1S/C10H10O6S.Na.H/c1-2-7-15-10(11)16-8-5-3-4-6-9(8)17(12,13)14;;/h2-6H,1,7H2,(H,12,13,14);;. The Labute approximate surface area is 127 Å². The Bertz CT molecular complexity index is 525. The third-order valence-corrected chi connectivity index (χ3v) is 2.53. The SMILES string of the molecule is C=CCOC(=O)Oc1ccccc1S(=O)(=O)O.[NaH]. The quantitative estimate of drug-likeness (QED) is 0.291. The fourth-order valence-electron chi connectivity index (χ4n) is 0.994. The summed E-state index contributed by atoms with van der Waals surface area (Å²) in [5.41, 5.74) is 0. The van der Waals surface area contributed by atoms with Gasteiger partial charge in [-0.05, 0) is 12.1 Å². The van der Waals surface area contributed by atoms with Gasteiger partial charge in [-0.3, -0.25) is 4.55 Å². The maximum absolute atomic E-state index is 11.1. The molecule has 0 unspecified atom stereocenters. The van der Waals surface area contributed by atoms with Crippen LogP contribution in [-0.2, 0) is 14.9 Å². The maximum atomic E-state index is 11.1. The van der Waals surface area contributed by atoms with Gasteiger partial charge in [-0.25, -0.2) is 4.79 Å². The van der Waals surface area contributed by atoms with Crippen molar-refractivity contribution in [3.05, 3.63) is 36.9 Å². The zero-order valence-corrected chi connectivity index (χ0v) is 9.51. The van der Waals surface area contributed by atoms with E-state index in [1.165, 1.54) is 24.3 Å². The first-order valence-corrected chi connectivity index (χ1v) is 5.91. The fraction of sp³-hybridized carbons (Fsp3) is 0.100. The van der Waals surface area contributed by atoms with E-state index in [-0.39, 0.29) is 41.9 Å². The molecule has 0 aliphatic heterocycles. The van der Waals surface area contributed by atoms with Crippen molar-refractivity contribution >= 4 is 45.8 Å². The van der Waals surface area contributed by atoms with Crippen molar-refractivity contribution in [2.75, 3.05) is 6.61 Å². The number of carbonyl (C=O) groups excluding carboxylic acids is 1. The van der Waals surface area contributed by atoms with E-state index in [0.29, 0.717) is 0 Å². The number of benzene rings is 1. The molecule has 0 bridgehead atoms. The monoisotopic (exact) mass is 282 g/mol. The third kappa shape index (κ3) is 5.19. The van der Waals surface area contributed by atoms with Crippen LogP contribution in [0.4, 0.5) is 4.79 Å². The number of para-hydroxylation sites is 1. The van der Waals surface area contributed by atoms with Crippen LogP contribution in [0.15, 0.2) is 41.8 Å². The van der Waals surface area contributed by atoms with E-state index in [1.54, 1.807) is 0 Å². The molecule has 0 amide bonds. The molecule has 8 heteroatoms. The molecule has 1 aromatic carbocycles. The minimum absolute atomic E-state index is 0. The molecule has 6 nitrogen and oxygen atoms in total. The Morgan fingerprint density at radius 3 is 2.56 bits per heavy atom. The van der Waals surface area contributed by atoms with Crippen molar-refractivity contribution in [2.45, 2.75) is 4.90 Å². The van der Waals surface area contributed by atoms with Crippen LogP contribution >= 0.6 is 0 Å². The molecule has 94 valence electrons. The van der Waals surface area contributed by atoms with Crippen LogP contribution in [0.25, 0.3) is 0 Å². The summed E-state index contributed by atoms with van der Waals surface area (Å²) >= 11 is 0. The zero-order valence-electron chi connectivity index (χ0n) is 8.70. The van der Waals surface area contributed by atoms with Gasteiger partial charge in [-0.15, -0.1) is 0 Å². The molecule has 1 rings (SSSR count). The molecule has 0 saturated carbocycles. The number of carbonyl (C=O) groups is 1. The predicted molar refractivity (Wildman–Crippen MR) is 65.6 cm³/mol. The Balaban J connectivity index is 0.00000289. The van der Waals surface area contributed by atoms with Crippen molar-refractivity contribution < 1.29 is 27.2 Å². The normalized spacial score (nSPS) is 10.1. The van der Waals surface area contributed by atoms with Gasteiger partial charge in [0.2, 0.25) is 0 Å². The molecule has 0 aliphatic carbocycles. The summed E-state index contributed by atoms with van der Waals surface area (Å²) < 4.78 is 39.9. The summed E-state index contributed by atoms with van der Waals surface area (Å²) in [6.45, 7) is 3.27. The van der Waals surface area contributed by atoms with Crippen molar-refractivity contribution in [2.24, 2.45) is 0 Å². The molecule has 0 spiro atoms. The summed E-state index contributed by atoms with van der Waals surface area (Å²) in [5, 5.41) is 0. The van der Waals surface area contributed by atoms with Gasteiger partial charge in [0.1, 0.15) is 11.5 Å². The van der Waals surface area contributed by atoms with E-state index in [2.05, 4.69) is 16.1 Å². The summed E-state index contributed by atoms with van der Waals surface area (Å²) in [7, 11) is -4.45. The molecule has 0 aliphatic rings. The number of ether oxygens (including phenoxy) is 2. The van der Waals surface area contributed by atoms with Crippen LogP contribution in [0.1, 0.15) is 0 Å². The zero-order chi connectivity index (χ0) is 12.9. The molecule has 0 heterocycles. The number of hydrogen-bond acceptors (Lipinski definition) is 5. The Hall–Kier alpha value is -0.860. The van der Waals surface area contributed by atoms with Gasteiger partial charge in [-0.2, -0.15) is 8.42 Å². The van der Waals surface area contributed by atoms with E-state index < -0.39 is 21.2 Å². The summed E-state index contributed by atoms with van der Waals surface area (Å²) in [6.07, 6.45) is 0.247. The van der Waals surface area contributed by atoms with Gasteiger partial charge in [0, 0.05) is 0 Å². The van der Waals surface area contributed by atoms with E-state index in [1.807, 2.05) is 0 Å². The number of rotatable bonds is 4. The number of hydrogen-bond donors (Lipinski definition) is 1. The molecule has 0 aromatic heterocycles. The van der Waals surface area contributed by atoms with Gasteiger partial charge in [0.15, 0.2) is 5.75 Å². The van der Waals surface area contributed by atoms with Gasteiger partial charge in [0.25, 0.3) is 10.1 Å². The molecular formula is C10H11NaO6S. The summed E-state index contributed by atoms with van der Waals surface area (Å²) in [6, 6.07) is 5.15. The molecular weight excluding hydrogens is 271 g/mol. The van der Waals surface area contributed by atoms with E-state index in [0.717, 1.165) is 6.07 Å². The summed E-state index contributed by atoms with van der Waals surface area (Å²) in [5.74, 6) is -0.302. The first kappa shape index (κ1) is 17.1. The van der Waals surface area contributed by atoms with Crippen LogP contribution < -0.4 is 4.74 Å². The molecule has 18 heavy (non-hydrogen) atoms. The van der Waals surface area contributed by atoms with E-state index in [9.17, 15) is 13.2 Å². The first-order chi connectivity index (χ1) is 7.95. The van der Waals surface area contributed by atoms with Gasteiger partial charge in [0.05, 0.1) is 0 Å². The topological polar surface area (TPSA) is 89.9 Å². The van der Waals surface area contributed by atoms with Crippen LogP contribution in [0.2, 0.25) is 0 Å². The molecule has 1 aromatic rings. The Morgan fingerprint density at radius 1 is 1.39 bits per heavy atom. The van der Waals surface area contributed by atoms with Gasteiger partial charge < -0.3 is 9.47 Å². The molecule has 0 fully saturated rings. The van der Waals surface area contributed by atoms with Crippen molar-refractivity contribution in [1.29, 1.82) is 0 Å². The second-order valence-corrected chi connectivity index (χ2v) is 4.26. The van der Waals surface area contributed by atoms with E-state index in [4.69, 9.17) is 4.55 Å². The van der Waals surface area contributed by atoms with Crippen LogP contribution in [0, 0.1) is 0 Å². The van der Waals surface area contributed by atoms with Gasteiger partial charge in [-0.1, -0.05) is 24.8 Å². The Morgan fingerprint density at radius 2 is 2.00 bits per heavy atom. The van der Waals surface area contributed by atoms with Crippen LogP contribution in [0.5, 0.6) is 5.75 Å². The Kier molecular flexibility index (Phi) is 7.19. The van der Waals surface area contributed by atoms with Crippen molar-refractivity contribution in [3.8, 4) is 5.75 Å². The second kappa shape index (κ2) is 7.55. The first-order valence-electron chi connectivity index (χ1n) is 4.47.